The lowest BCUT2D eigenvalue weighted by Crippen LogP contribution is -2.11. The third-order valence-corrected chi connectivity index (χ3v) is 3.54. The highest BCUT2D eigenvalue weighted by molar-refractivity contribution is 6.39. The average Bonchev–Trinajstić information content (AvgIpc) is 2.25. The van der Waals surface area contributed by atoms with Crippen molar-refractivity contribution in [3.8, 4) is 0 Å². The van der Waals surface area contributed by atoms with Crippen molar-refractivity contribution in [2.24, 2.45) is 0 Å². The molecule has 100 valence electrons. The van der Waals surface area contributed by atoms with Crippen molar-refractivity contribution in [2.45, 2.75) is 13.8 Å². The fourth-order valence-electron chi connectivity index (χ4n) is 2.18. The molecule has 0 aliphatic rings. The van der Waals surface area contributed by atoms with E-state index in [4.69, 9.17) is 28.9 Å². The summed E-state index contributed by atoms with van der Waals surface area (Å²) in [5, 5.41) is 1.10. The van der Waals surface area contributed by atoms with Gasteiger partial charge < -0.3 is 10.6 Å². The highest BCUT2D eigenvalue weighted by atomic mass is 35.5. The third-order valence-electron chi connectivity index (χ3n) is 2.97. The molecule has 0 amide bonds. The predicted molar refractivity (Wildman–Crippen MR) is 84.9 cm³/mol. The van der Waals surface area contributed by atoms with Crippen LogP contribution in [0.3, 0.4) is 0 Å². The molecule has 4 heteroatoms. The van der Waals surface area contributed by atoms with Crippen LogP contribution < -0.4 is 10.6 Å². The van der Waals surface area contributed by atoms with Crippen molar-refractivity contribution in [1.29, 1.82) is 0 Å². The zero-order valence-electron chi connectivity index (χ0n) is 11.2. The molecule has 0 atom stereocenters. The molecule has 0 aliphatic carbocycles. The molecule has 2 nitrogen and oxygen atoms in total. The van der Waals surface area contributed by atoms with Crippen molar-refractivity contribution >= 4 is 40.3 Å². The Morgan fingerprint density at radius 1 is 0.895 bits per heavy atom. The van der Waals surface area contributed by atoms with Gasteiger partial charge in [0.15, 0.2) is 0 Å². The number of anilines is 3. The third kappa shape index (κ3) is 2.96. The zero-order chi connectivity index (χ0) is 14.2. The maximum atomic E-state index is 6.25. The first-order valence-electron chi connectivity index (χ1n) is 5.95. The minimum absolute atomic E-state index is 0.548. The van der Waals surface area contributed by atoms with E-state index in [2.05, 4.69) is 32.0 Å². The van der Waals surface area contributed by atoms with Gasteiger partial charge in [0.2, 0.25) is 0 Å². The van der Waals surface area contributed by atoms with Crippen molar-refractivity contribution in [2.75, 3.05) is 17.7 Å². The number of nitrogens with two attached hydrogens (primary N) is 1. The summed E-state index contributed by atoms with van der Waals surface area (Å²) < 4.78 is 0. The van der Waals surface area contributed by atoms with Gasteiger partial charge in [0.25, 0.3) is 0 Å². The molecule has 0 radical (unpaired) electrons. The Labute approximate surface area is 123 Å². The molecule has 0 unspecified atom stereocenters. The van der Waals surface area contributed by atoms with E-state index in [9.17, 15) is 0 Å². The van der Waals surface area contributed by atoms with Crippen LogP contribution in [-0.4, -0.2) is 7.05 Å². The Morgan fingerprint density at radius 2 is 1.37 bits per heavy atom. The molecule has 0 saturated carbocycles. The van der Waals surface area contributed by atoms with Crippen LogP contribution in [0, 0.1) is 13.8 Å². The Morgan fingerprint density at radius 3 is 1.84 bits per heavy atom. The summed E-state index contributed by atoms with van der Waals surface area (Å²) in [5.41, 5.74) is 10.5. The molecule has 19 heavy (non-hydrogen) atoms. The summed E-state index contributed by atoms with van der Waals surface area (Å²) in [7, 11) is 1.94. The number of benzene rings is 2. The van der Waals surface area contributed by atoms with E-state index in [0.29, 0.717) is 15.7 Å². The van der Waals surface area contributed by atoms with Crippen LogP contribution in [0.5, 0.6) is 0 Å². The number of nitrogens with zero attached hydrogens (tertiary/aromatic N) is 1. The molecule has 0 fully saturated rings. The van der Waals surface area contributed by atoms with E-state index in [1.54, 1.807) is 12.1 Å². The van der Waals surface area contributed by atoms with E-state index in [0.717, 1.165) is 11.4 Å². The predicted octanol–water partition coefficient (Wildman–Crippen LogP) is 4.96. The minimum Gasteiger partial charge on any atom is -0.399 e. The molecule has 2 N–H and O–H groups in total. The van der Waals surface area contributed by atoms with Gasteiger partial charge in [-0.1, -0.05) is 29.3 Å². The first kappa shape index (κ1) is 14.0. The van der Waals surface area contributed by atoms with Crippen LogP contribution in [0.1, 0.15) is 11.1 Å². The van der Waals surface area contributed by atoms with E-state index >= 15 is 0 Å². The summed E-state index contributed by atoms with van der Waals surface area (Å²) in [4.78, 5) is 1.98. The van der Waals surface area contributed by atoms with Gasteiger partial charge >= 0.3 is 0 Å². The fraction of sp³-hybridized carbons (Fsp3) is 0.200. The number of halogens is 2. The molecular formula is C15H16Cl2N2. The van der Waals surface area contributed by atoms with Crippen molar-refractivity contribution in [1.82, 2.24) is 0 Å². The Kier molecular flexibility index (Phi) is 3.93. The largest absolute Gasteiger partial charge is 0.399 e. The van der Waals surface area contributed by atoms with Gasteiger partial charge in [0.1, 0.15) is 0 Å². The molecule has 2 aromatic carbocycles. The van der Waals surface area contributed by atoms with E-state index in [-0.39, 0.29) is 0 Å². The van der Waals surface area contributed by atoms with Crippen LogP contribution in [-0.2, 0) is 0 Å². The van der Waals surface area contributed by atoms with Gasteiger partial charge in [-0.15, -0.1) is 0 Å². The van der Waals surface area contributed by atoms with E-state index in [1.807, 2.05) is 11.9 Å². The first-order valence-corrected chi connectivity index (χ1v) is 6.70. The topological polar surface area (TPSA) is 29.3 Å². The summed E-state index contributed by atoms with van der Waals surface area (Å²) in [6.45, 7) is 4.13. The second-order valence-corrected chi connectivity index (χ2v) is 5.55. The molecule has 2 rings (SSSR count). The second-order valence-electron chi connectivity index (χ2n) is 4.74. The summed E-state index contributed by atoms with van der Waals surface area (Å²) in [5.74, 6) is 0. The maximum Gasteiger partial charge on any atom is 0.0788 e. The normalized spacial score (nSPS) is 10.6. The Bertz CT molecular complexity index is 580. The molecule has 0 heterocycles. The molecule has 0 spiro atoms. The highest BCUT2D eigenvalue weighted by Crippen LogP contribution is 2.39. The summed E-state index contributed by atoms with van der Waals surface area (Å²) in [6.07, 6.45) is 0. The van der Waals surface area contributed by atoms with E-state index < -0.39 is 0 Å². The lowest BCUT2D eigenvalue weighted by molar-refractivity contribution is 1.19. The summed E-state index contributed by atoms with van der Waals surface area (Å²) in [6, 6.07) is 9.74. The smallest absolute Gasteiger partial charge is 0.0788 e. The molecular weight excluding hydrogens is 279 g/mol. The number of hydrogen-bond acceptors (Lipinski definition) is 2. The van der Waals surface area contributed by atoms with Crippen LogP contribution in [0.4, 0.5) is 17.1 Å². The van der Waals surface area contributed by atoms with Crippen LogP contribution in [0.2, 0.25) is 10.0 Å². The molecule has 0 saturated heterocycles. The van der Waals surface area contributed by atoms with Crippen molar-refractivity contribution in [3.05, 3.63) is 51.5 Å². The van der Waals surface area contributed by atoms with E-state index in [1.165, 1.54) is 11.1 Å². The quantitative estimate of drug-likeness (QED) is 0.793. The molecule has 0 aliphatic heterocycles. The zero-order valence-corrected chi connectivity index (χ0v) is 12.7. The van der Waals surface area contributed by atoms with Gasteiger partial charge in [-0.05, 0) is 49.2 Å². The number of rotatable bonds is 2. The lowest BCUT2D eigenvalue weighted by Gasteiger charge is -2.23. The molecule has 0 aromatic heterocycles. The SMILES string of the molecule is Cc1cc(C)cc(N(C)c2c(Cl)cc(N)cc2Cl)c1. The lowest BCUT2D eigenvalue weighted by atomic mass is 10.1. The minimum atomic E-state index is 0.548. The number of hydrogen-bond donors (Lipinski definition) is 1. The highest BCUT2D eigenvalue weighted by Gasteiger charge is 2.14. The van der Waals surface area contributed by atoms with Crippen molar-refractivity contribution in [3.63, 3.8) is 0 Å². The van der Waals surface area contributed by atoms with Gasteiger partial charge in [0, 0.05) is 18.4 Å². The monoisotopic (exact) mass is 294 g/mol. The summed E-state index contributed by atoms with van der Waals surface area (Å²) >= 11 is 12.5. The van der Waals surface area contributed by atoms with Crippen LogP contribution >= 0.6 is 23.2 Å². The Balaban J connectivity index is 2.52. The standard InChI is InChI=1S/C15H16Cl2N2/c1-9-4-10(2)6-12(5-9)19(3)15-13(16)7-11(18)8-14(15)17/h4-8H,18H2,1-3H3. The first-order chi connectivity index (χ1) is 8.88. The number of aryl methyl sites for hydroxylation is 2. The van der Waals surface area contributed by atoms with Gasteiger partial charge in [-0.25, -0.2) is 0 Å². The fourth-order valence-corrected chi connectivity index (χ4v) is 2.94. The van der Waals surface area contributed by atoms with Crippen molar-refractivity contribution < 1.29 is 0 Å². The van der Waals surface area contributed by atoms with Gasteiger partial charge in [-0.3, -0.25) is 0 Å². The molecule has 0 bridgehead atoms. The maximum absolute atomic E-state index is 6.25. The molecule has 2 aromatic rings. The number of nitrogen functional groups attached to an aromatic ring is 1. The second kappa shape index (κ2) is 5.32. The Hall–Kier alpha value is -1.38. The average molecular weight is 295 g/mol. The van der Waals surface area contributed by atoms with Crippen LogP contribution in [0.15, 0.2) is 30.3 Å². The van der Waals surface area contributed by atoms with Crippen LogP contribution in [0.25, 0.3) is 0 Å². The van der Waals surface area contributed by atoms with Gasteiger partial charge in [0.05, 0.1) is 15.7 Å². The van der Waals surface area contributed by atoms with Gasteiger partial charge in [-0.2, -0.15) is 0 Å².